The van der Waals surface area contributed by atoms with Crippen molar-refractivity contribution < 1.29 is 13.1 Å². The van der Waals surface area contributed by atoms with Crippen molar-refractivity contribution in [3.05, 3.63) is 48.7 Å². The summed E-state index contributed by atoms with van der Waals surface area (Å²) in [5.41, 5.74) is 1.92. The molecule has 0 radical (unpaired) electrons. The van der Waals surface area contributed by atoms with Crippen LogP contribution in [0.5, 0.6) is 5.75 Å². The average Bonchev–Trinajstić information content (AvgIpc) is 2.76. The molecule has 4 heterocycles. The summed E-state index contributed by atoms with van der Waals surface area (Å²) in [7, 11) is 1.67. The summed E-state index contributed by atoms with van der Waals surface area (Å²) in [6.07, 6.45) is 5.84. The lowest BCUT2D eigenvalue weighted by molar-refractivity contribution is -0.0326. The fraction of sp³-hybridized carbons (Fsp3) is 0.542. The maximum atomic E-state index is 13.1. The molecule has 5 nitrogen and oxygen atoms in total. The molecule has 2 bridgehead atoms. The lowest BCUT2D eigenvalue weighted by Crippen LogP contribution is -2.55. The lowest BCUT2D eigenvalue weighted by Gasteiger charge is -2.51. The van der Waals surface area contributed by atoms with E-state index in [1.165, 1.54) is 6.42 Å². The third-order valence-electron chi connectivity index (χ3n) is 6.48. The Hall–Kier alpha value is -1.76. The van der Waals surface area contributed by atoms with E-state index in [4.69, 9.17) is 8.92 Å². The second-order valence-electron chi connectivity index (χ2n) is 9.39. The SMILES string of the molecule is C=C[C@H]1CN2CC[C@H]1C[C@H]2[C@H](O[S@](=O)C(C)(C)C)c1ccnc2ccc(OC)cc12. The predicted molar refractivity (Wildman–Crippen MR) is 122 cm³/mol. The Morgan fingerprint density at radius 2 is 2.13 bits per heavy atom. The second kappa shape index (κ2) is 8.40. The highest BCUT2D eigenvalue weighted by Crippen LogP contribution is 2.44. The van der Waals surface area contributed by atoms with Gasteiger partial charge in [-0.05, 0) is 81.8 Å². The van der Waals surface area contributed by atoms with Gasteiger partial charge in [0, 0.05) is 24.2 Å². The van der Waals surface area contributed by atoms with Crippen molar-refractivity contribution >= 4 is 22.0 Å². The van der Waals surface area contributed by atoms with Gasteiger partial charge in [0.1, 0.15) is 11.9 Å². The maximum absolute atomic E-state index is 13.1. The molecule has 0 saturated carbocycles. The number of benzene rings is 1. The van der Waals surface area contributed by atoms with Gasteiger partial charge < -0.3 is 4.74 Å². The van der Waals surface area contributed by atoms with Crippen LogP contribution in [-0.4, -0.2) is 45.1 Å². The summed E-state index contributed by atoms with van der Waals surface area (Å²) < 4.78 is 24.5. The van der Waals surface area contributed by atoms with Gasteiger partial charge in [0.2, 0.25) is 0 Å². The first kappa shape index (κ1) is 21.5. The molecule has 1 aromatic heterocycles. The van der Waals surface area contributed by atoms with E-state index in [-0.39, 0.29) is 12.1 Å². The Morgan fingerprint density at radius 3 is 2.77 bits per heavy atom. The molecule has 0 N–H and O–H groups in total. The third-order valence-corrected chi connectivity index (χ3v) is 7.87. The van der Waals surface area contributed by atoms with Crippen molar-refractivity contribution in [2.24, 2.45) is 11.8 Å². The van der Waals surface area contributed by atoms with Gasteiger partial charge in [-0.1, -0.05) is 6.08 Å². The van der Waals surface area contributed by atoms with Crippen LogP contribution >= 0.6 is 0 Å². The highest BCUT2D eigenvalue weighted by Gasteiger charge is 2.44. The number of nitrogens with zero attached hydrogens (tertiary/aromatic N) is 2. The van der Waals surface area contributed by atoms with Crippen LogP contribution in [0.2, 0.25) is 0 Å². The summed E-state index contributed by atoms with van der Waals surface area (Å²) in [6, 6.07) is 8.10. The normalized spacial score (nSPS) is 28.3. The molecule has 3 fully saturated rings. The first-order valence-electron chi connectivity index (χ1n) is 10.7. The van der Waals surface area contributed by atoms with Crippen molar-refractivity contribution in [1.82, 2.24) is 9.88 Å². The molecule has 3 aliphatic heterocycles. The van der Waals surface area contributed by atoms with Crippen molar-refractivity contribution in [1.29, 1.82) is 0 Å². The van der Waals surface area contributed by atoms with E-state index in [2.05, 4.69) is 22.5 Å². The van der Waals surface area contributed by atoms with E-state index in [0.717, 1.165) is 41.7 Å². The Balaban J connectivity index is 1.78. The number of hydrogen-bond donors (Lipinski definition) is 0. The third kappa shape index (κ3) is 4.05. The molecule has 1 unspecified atom stereocenters. The first-order chi connectivity index (χ1) is 14.3. The number of rotatable bonds is 6. The van der Waals surface area contributed by atoms with Crippen LogP contribution in [0.3, 0.4) is 0 Å². The number of pyridine rings is 1. The first-order valence-corrected chi connectivity index (χ1v) is 11.8. The standard InChI is InChI=1S/C24H32N2O3S/c1-6-16-15-26-12-10-17(16)13-22(26)23(29-30(27)24(2,3)4)19-9-11-25-21-8-7-18(28-5)14-20(19)21/h6-9,11,14,16-17,22-23H,1,10,12-13,15H2,2-5H3/t16-,17-,22-,23+,30-/m0/s1. The van der Waals surface area contributed by atoms with E-state index in [9.17, 15) is 4.21 Å². The summed E-state index contributed by atoms with van der Waals surface area (Å²) in [5, 5.41) is 0.996. The summed E-state index contributed by atoms with van der Waals surface area (Å²) >= 11 is -1.43. The average molecular weight is 429 g/mol. The quantitative estimate of drug-likeness (QED) is 0.627. The minimum Gasteiger partial charge on any atom is -0.497 e. The predicted octanol–water partition coefficient (Wildman–Crippen LogP) is 4.66. The van der Waals surface area contributed by atoms with Gasteiger partial charge in [-0.2, -0.15) is 0 Å². The lowest BCUT2D eigenvalue weighted by atomic mass is 9.73. The molecule has 0 spiro atoms. The number of hydrogen-bond acceptors (Lipinski definition) is 5. The second-order valence-corrected chi connectivity index (χ2v) is 11.3. The maximum Gasteiger partial charge on any atom is 0.161 e. The fourth-order valence-electron chi connectivity index (χ4n) is 4.78. The molecular weight excluding hydrogens is 396 g/mol. The fourth-order valence-corrected chi connectivity index (χ4v) is 5.48. The number of fused-ring (bicyclic) bond motifs is 4. The number of ether oxygens (including phenoxy) is 1. The van der Waals surface area contributed by atoms with Gasteiger partial charge in [-0.15, -0.1) is 6.58 Å². The van der Waals surface area contributed by atoms with Crippen LogP contribution in [0.25, 0.3) is 10.9 Å². The van der Waals surface area contributed by atoms with Gasteiger partial charge in [0.05, 0.1) is 17.4 Å². The minimum atomic E-state index is -1.43. The van der Waals surface area contributed by atoms with Crippen molar-refractivity contribution in [3.8, 4) is 5.75 Å². The van der Waals surface area contributed by atoms with E-state index >= 15 is 0 Å². The minimum absolute atomic E-state index is 0.183. The topological polar surface area (TPSA) is 51.7 Å². The molecule has 1 aromatic carbocycles. The van der Waals surface area contributed by atoms with Crippen LogP contribution in [0, 0.1) is 11.8 Å². The zero-order valence-corrected chi connectivity index (χ0v) is 19.2. The highest BCUT2D eigenvalue weighted by atomic mass is 32.2. The van der Waals surface area contributed by atoms with Crippen molar-refractivity contribution in [2.45, 2.75) is 50.5 Å². The Bertz CT molecular complexity index is 955. The summed E-state index contributed by atoms with van der Waals surface area (Å²) in [4.78, 5) is 7.04. The van der Waals surface area contributed by atoms with E-state index in [0.29, 0.717) is 11.8 Å². The van der Waals surface area contributed by atoms with Crippen molar-refractivity contribution in [3.63, 3.8) is 0 Å². The monoisotopic (exact) mass is 428 g/mol. The number of piperidine rings is 3. The van der Waals surface area contributed by atoms with Crippen LogP contribution in [0.15, 0.2) is 43.1 Å². The molecule has 5 rings (SSSR count). The van der Waals surface area contributed by atoms with E-state index in [1.807, 2.05) is 51.2 Å². The van der Waals surface area contributed by atoms with Crippen LogP contribution < -0.4 is 4.74 Å². The molecule has 162 valence electrons. The molecule has 6 heteroatoms. The zero-order valence-electron chi connectivity index (χ0n) is 18.3. The van der Waals surface area contributed by atoms with Crippen LogP contribution in [0.4, 0.5) is 0 Å². The van der Waals surface area contributed by atoms with Gasteiger partial charge in [0.25, 0.3) is 0 Å². The van der Waals surface area contributed by atoms with E-state index < -0.39 is 15.8 Å². The zero-order chi connectivity index (χ0) is 21.5. The molecule has 3 aliphatic rings. The van der Waals surface area contributed by atoms with Crippen LogP contribution in [-0.2, 0) is 15.3 Å². The molecule has 6 atom stereocenters. The molecule has 30 heavy (non-hydrogen) atoms. The molecule has 3 saturated heterocycles. The van der Waals surface area contributed by atoms with Gasteiger partial charge in [-0.3, -0.25) is 14.1 Å². The molecule has 2 aromatic rings. The van der Waals surface area contributed by atoms with Crippen LogP contribution in [0.1, 0.15) is 45.3 Å². The van der Waals surface area contributed by atoms with Gasteiger partial charge in [-0.25, -0.2) is 4.21 Å². The molecular formula is C24H32N2O3S. The summed E-state index contributed by atoms with van der Waals surface area (Å²) in [5.74, 6) is 1.91. The Kier molecular flexibility index (Phi) is 6.02. The highest BCUT2D eigenvalue weighted by molar-refractivity contribution is 7.81. The van der Waals surface area contributed by atoms with Crippen molar-refractivity contribution in [2.75, 3.05) is 20.2 Å². The smallest absolute Gasteiger partial charge is 0.161 e. The number of methoxy groups -OCH3 is 1. The Labute approximate surface area is 182 Å². The number of aromatic nitrogens is 1. The molecule has 0 aliphatic carbocycles. The van der Waals surface area contributed by atoms with Gasteiger partial charge in [0.15, 0.2) is 11.1 Å². The summed E-state index contributed by atoms with van der Waals surface area (Å²) in [6.45, 7) is 11.9. The Morgan fingerprint density at radius 1 is 1.33 bits per heavy atom. The van der Waals surface area contributed by atoms with Gasteiger partial charge >= 0.3 is 0 Å². The van der Waals surface area contributed by atoms with E-state index in [1.54, 1.807) is 7.11 Å². The molecule has 0 amide bonds. The largest absolute Gasteiger partial charge is 0.497 e.